The average molecular weight is 279 g/mol. The third kappa shape index (κ3) is 4.25. The van der Waals surface area contributed by atoms with Crippen molar-refractivity contribution < 1.29 is 9.47 Å². The minimum Gasteiger partial charge on any atom is -0.473 e. The highest BCUT2D eigenvalue weighted by molar-refractivity contribution is 6.99. The number of hydrogen-bond acceptors (Lipinski definition) is 6. The lowest BCUT2D eigenvalue weighted by Gasteiger charge is -2.05. The molecule has 102 valence electrons. The molecule has 0 aliphatic carbocycles. The summed E-state index contributed by atoms with van der Waals surface area (Å²) in [5, 5.41) is 0. The van der Waals surface area contributed by atoms with Gasteiger partial charge in [-0.2, -0.15) is 4.37 Å². The lowest BCUT2D eigenvalue weighted by Crippen LogP contribution is -2.08. The summed E-state index contributed by atoms with van der Waals surface area (Å²) in [4.78, 5) is 4.07. The number of aromatic nitrogens is 3. The highest BCUT2D eigenvalue weighted by Gasteiger charge is 2.11. The van der Waals surface area contributed by atoms with Gasteiger partial charge in [0.2, 0.25) is 0 Å². The van der Waals surface area contributed by atoms with Gasteiger partial charge in [0, 0.05) is 24.6 Å². The molecule has 0 amide bonds. The van der Waals surface area contributed by atoms with E-state index in [4.69, 9.17) is 9.47 Å². The SMILES string of the molecule is CCCCOCCOc1nsnc1-c1cccnc1. The molecule has 0 unspecified atom stereocenters. The van der Waals surface area contributed by atoms with Crippen molar-refractivity contribution in [3.8, 4) is 17.1 Å². The van der Waals surface area contributed by atoms with Crippen molar-refractivity contribution in [3.63, 3.8) is 0 Å². The average Bonchev–Trinajstić information content (AvgIpc) is 2.92. The first-order valence-electron chi connectivity index (χ1n) is 6.35. The van der Waals surface area contributed by atoms with Crippen LogP contribution >= 0.6 is 11.7 Å². The third-order valence-corrected chi connectivity index (χ3v) is 3.01. The first-order chi connectivity index (χ1) is 9.42. The molecule has 0 bridgehead atoms. The number of nitrogens with zero attached hydrogens (tertiary/aromatic N) is 3. The van der Waals surface area contributed by atoms with Gasteiger partial charge in [-0.05, 0) is 18.6 Å². The monoisotopic (exact) mass is 279 g/mol. The van der Waals surface area contributed by atoms with Crippen molar-refractivity contribution in [1.29, 1.82) is 0 Å². The van der Waals surface area contributed by atoms with Crippen LogP contribution in [0.1, 0.15) is 19.8 Å². The summed E-state index contributed by atoms with van der Waals surface area (Å²) in [7, 11) is 0. The van der Waals surface area contributed by atoms with E-state index in [0.29, 0.717) is 19.1 Å². The lowest BCUT2D eigenvalue weighted by molar-refractivity contribution is 0.0970. The molecule has 0 fully saturated rings. The summed E-state index contributed by atoms with van der Waals surface area (Å²) in [6.45, 7) is 3.98. The predicted molar refractivity (Wildman–Crippen MR) is 74.4 cm³/mol. The van der Waals surface area contributed by atoms with Crippen LogP contribution in [0.3, 0.4) is 0 Å². The van der Waals surface area contributed by atoms with Crippen molar-refractivity contribution in [2.45, 2.75) is 19.8 Å². The molecule has 2 aromatic rings. The standard InChI is InChI=1S/C13H17N3O2S/c1-2-3-7-17-8-9-18-13-12(15-19-16-13)11-5-4-6-14-10-11/h4-6,10H,2-3,7-9H2,1H3. The Hall–Kier alpha value is -1.53. The first-order valence-corrected chi connectivity index (χ1v) is 7.08. The summed E-state index contributed by atoms with van der Waals surface area (Å²) in [5.74, 6) is 0.553. The summed E-state index contributed by atoms with van der Waals surface area (Å²) in [6.07, 6.45) is 5.70. The van der Waals surface area contributed by atoms with Gasteiger partial charge in [0.25, 0.3) is 5.88 Å². The van der Waals surface area contributed by atoms with E-state index in [2.05, 4.69) is 20.7 Å². The second-order valence-electron chi connectivity index (χ2n) is 3.97. The maximum absolute atomic E-state index is 5.60. The summed E-state index contributed by atoms with van der Waals surface area (Å²) >= 11 is 1.14. The van der Waals surface area contributed by atoms with Crippen LogP contribution < -0.4 is 4.74 Å². The molecule has 5 nitrogen and oxygen atoms in total. The molecule has 6 heteroatoms. The zero-order valence-electron chi connectivity index (χ0n) is 10.9. The number of ether oxygens (including phenoxy) is 2. The Kier molecular flexibility index (Phi) is 5.71. The largest absolute Gasteiger partial charge is 0.473 e. The molecule has 0 atom stereocenters. The molecule has 0 saturated carbocycles. The second kappa shape index (κ2) is 7.81. The van der Waals surface area contributed by atoms with E-state index in [9.17, 15) is 0 Å². The van der Waals surface area contributed by atoms with Crippen LogP contribution in [0.5, 0.6) is 5.88 Å². The molecule has 0 aromatic carbocycles. The van der Waals surface area contributed by atoms with Crippen LogP contribution in [-0.2, 0) is 4.74 Å². The molecule has 2 heterocycles. The van der Waals surface area contributed by atoms with Crippen molar-refractivity contribution in [1.82, 2.24) is 13.7 Å². The summed E-state index contributed by atoms with van der Waals surface area (Å²) in [5.41, 5.74) is 1.66. The number of rotatable bonds is 8. The molecular weight excluding hydrogens is 262 g/mol. The minimum atomic E-state index is 0.488. The molecule has 19 heavy (non-hydrogen) atoms. The molecule has 0 aliphatic rings. The van der Waals surface area contributed by atoms with Crippen molar-refractivity contribution in [2.24, 2.45) is 0 Å². The van der Waals surface area contributed by atoms with Crippen molar-refractivity contribution in [3.05, 3.63) is 24.5 Å². The molecule has 2 rings (SSSR count). The van der Waals surface area contributed by atoms with Crippen LogP contribution in [0.25, 0.3) is 11.3 Å². The van der Waals surface area contributed by atoms with Crippen LogP contribution in [0.4, 0.5) is 0 Å². The Bertz CT molecular complexity index is 476. The maximum atomic E-state index is 5.60. The van der Waals surface area contributed by atoms with Gasteiger partial charge in [0.15, 0.2) is 0 Å². The molecule has 2 aromatic heterocycles. The Balaban J connectivity index is 1.83. The van der Waals surface area contributed by atoms with Crippen LogP contribution in [0.2, 0.25) is 0 Å². The lowest BCUT2D eigenvalue weighted by atomic mass is 10.2. The third-order valence-electron chi connectivity index (χ3n) is 2.50. The van der Waals surface area contributed by atoms with Gasteiger partial charge in [0.05, 0.1) is 18.3 Å². The van der Waals surface area contributed by atoms with E-state index in [-0.39, 0.29) is 0 Å². The van der Waals surface area contributed by atoms with Gasteiger partial charge >= 0.3 is 0 Å². The number of pyridine rings is 1. The fourth-order valence-corrected chi connectivity index (χ4v) is 2.02. The Morgan fingerprint density at radius 1 is 1.21 bits per heavy atom. The van der Waals surface area contributed by atoms with Crippen LogP contribution in [-0.4, -0.2) is 33.6 Å². The first kappa shape index (κ1) is 13.9. The van der Waals surface area contributed by atoms with Crippen molar-refractivity contribution >= 4 is 11.7 Å². The Labute approximate surface area is 116 Å². The number of unbranched alkanes of at least 4 members (excludes halogenated alkanes) is 1. The van der Waals surface area contributed by atoms with E-state index in [1.807, 2.05) is 12.1 Å². The van der Waals surface area contributed by atoms with E-state index in [0.717, 1.165) is 42.4 Å². The highest BCUT2D eigenvalue weighted by Crippen LogP contribution is 2.26. The van der Waals surface area contributed by atoms with Gasteiger partial charge in [-0.25, -0.2) is 0 Å². The fourth-order valence-electron chi connectivity index (χ4n) is 1.50. The summed E-state index contributed by atoms with van der Waals surface area (Å²) < 4.78 is 19.4. The fraction of sp³-hybridized carbons (Fsp3) is 0.462. The molecule has 0 spiro atoms. The highest BCUT2D eigenvalue weighted by atomic mass is 32.1. The summed E-state index contributed by atoms with van der Waals surface area (Å²) in [6, 6.07) is 3.81. The Morgan fingerprint density at radius 3 is 2.95 bits per heavy atom. The minimum absolute atomic E-state index is 0.488. The van der Waals surface area contributed by atoms with E-state index >= 15 is 0 Å². The van der Waals surface area contributed by atoms with Gasteiger partial charge in [-0.15, -0.1) is 4.37 Å². The molecular formula is C13H17N3O2S. The molecule has 0 aliphatic heterocycles. The van der Waals surface area contributed by atoms with Gasteiger partial charge in [-0.1, -0.05) is 13.3 Å². The maximum Gasteiger partial charge on any atom is 0.254 e. The number of hydrogen-bond donors (Lipinski definition) is 0. The second-order valence-corrected chi connectivity index (χ2v) is 4.50. The van der Waals surface area contributed by atoms with E-state index < -0.39 is 0 Å². The smallest absolute Gasteiger partial charge is 0.254 e. The Morgan fingerprint density at radius 2 is 2.16 bits per heavy atom. The normalized spacial score (nSPS) is 10.6. The van der Waals surface area contributed by atoms with E-state index in [1.54, 1.807) is 12.4 Å². The molecule has 0 radical (unpaired) electrons. The van der Waals surface area contributed by atoms with Crippen LogP contribution in [0.15, 0.2) is 24.5 Å². The zero-order chi connectivity index (χ0) is 13.3. The van der Waals surface area contributed by atoms with Gasteiger partial charge in [0.1, 0.15) is 12.3 Å². The van der Waals surface area contributed by atoms with E-state index in [1.165, 1.54) is 0 Å². The van der Waals surface area contributed by atoms with Gasteiger partial charge < -0.3 is 9.47 Å². The van der Waals surface area contributed by atoms with Crippen LogP contribution in [0, 0.1) is 0 Å². The zero-order valence-corrected chi connectivity index (χ0v) is 11.7. The van der Waals surface area contributed by atoms with Crippen molar-refractivity contribution in [2.75, 3.05) is 19.8 Å². The topological polar surface area (TPSA) is 57.1 Å². The quantitative estimate of drug-likeness (QED) is 0.695. The molecule has 0 N–H and O–H groups in total. The predicted octanol–water partition coefficient (Wildman–Crippen LogP) is 2.80. The van der Waals surface area contributed by atoms with Gasteiger partial charge in [-0.3, -0.25) is 4.98 Å². The molecule has 0 saturated heterocycles.